The molecule has 0 radical (unpaired) electrons. The Labute approximate surface area is 179 Å². The Hall–Kier alpha value is -3.24. The van der Waals surface area contributed by atoms with Gasteiger partial charge in [-0.2, -0.15) is 0 Å². The van der Waals surface area contributed by atoms with Gasteiger partial charge < -0.3 is 9.72 Å². The van der Waals surface area contributed by atoms with Crippen LogP contribution >= 0.6 is 23.1 Å². The molecule has 2 aromatic carbocycles. The van der Waals surface area contributed by atoms with Crippen molar-refractivity contribution in [1.29, 1.82) is 0 Å². The maximum Gasteiger partial charge on any atom is 0.271 e. The standard InChI is InChI=1S/C20H17N5O3S2/c1-2-28-16-10-6-3-7-12(16)17(26)23-19-24-25-20(30-19)29-11-15-18(27)22-14-9-5-4-8-13(14)21-15/h3-10H,2,11H2,1H3,(H,22,27)(H,23,24,26). The summed E-state index contributed by atoms with van der Waals surface area (Å²) in [6.45, 7) is 2.32. The summed E-state index contributed by atoms with van der Waals surface area (Å²) in [5.74, 6) is 0.535. The largest absolute Gasteiger partial charge is 0.493 e. The third-order valence-corrected chi connectivity index (χ3v) is 6.04. The number of hydrogen-bond donors (Lipinski definition) is 2. The van der Waals surface area contributed by atoms with Crippen LogP contribution < -0.4 is 15.6 Å². The molecule has 0 unspecified atom stereocenters. The van der Waals surface area contributed by atoms with Crippen molar-refractivity contribution in [2.75, 3.05) is 11.9 Å². The maximum atomic E-state index is 12.6. The third kappa shape index (κ3) is 4.50. The van der Waals surface area contributed by atoms with Gasteiger partial charge in [-0.15, -0.1) is 10.2 Å². The fourth-order valence-electron chi connectivity index (χ4n) is 2.71. The van der Waals surface area contributed by atoms with Gasteiger partial charge >= 0.3 is 0 Å². The number of benzene rings is 2. The van der Waals surface area contributed by atoms with Crippen LogP contribution in [0.2, 0.25) is 0 Å². The van der Waals surface area contributed by atoms with Crippen molar-refractivity contribution in [3.05, 3.63) is 70.1 Å². The summed E-state index contributed by atoms with van der Waals surface area (Å²) in [4.78, 5) is 32.0. The second-order valence-electron chi connectivity index (χ2n) is 6.07. The van der Waals surface area contributed by atoms with E-state index in [9.17, 15) is 9.59 Å². The van der Waals surface area contributed by atoms with Gasteiger partial charge in [0, 0.05) is 5.75 Å². The first-order valence-electron chi connectivity index (χ1n) is 9.11. The molecule has 0 aliphatic rings. The fraction of sp³-hybridized carbons (Fsp3) is 0.150. The zero-order valence-electron chi connectivity index (χ0n) is 15.9. The van der Waals surface area contributed by atoms with Crippen molar-refractivity contribution in [2.24, 2.45) is 0 Å². The van der Waals surface area contributed by atoms with Crippen molar-refractivity contribution in [3.63, 3.8) is 0 Å². The number of amides is 1. The van der Waals surface area contributed by atoms with E-state index in [-0.39, 0.29) is 11.5 Å². The Morgan fingerprint density at radius 2 is 1.97 bits per heavy atom. The van der Waals surface area contributed by atoms with Gasteiger partial charge in [-0.05, 0) is 31.2 Å². The number of ether oxygens (including phenoxy) is 1. The lowest BCUT2D eigenvalue weighted by molar-refractivity contribution is 0.102. The lowest BCUT2D eigenvalue weighted by atomic mass is 10.2. The number of H-pyrrole nitrogens is 1. The molecule has 0 spiro atoms. The van der Waals surface area contributed by atoms with Crippen molar-refractivity contribution in [2.45, 2.75) is 17.0 Å². The molecule has 2 aromatic heterocycles. The van der Waals surface area contributed by atoms with Gasteiger partial charge in [0.1, 0.15) is 11.4 Å². The normalized spacial score (nSPS) is 10.8. The summed E-state index contributed by atoms with van der Waals surface area (Å²) in [7, 11) is 0. The van der Waals surface area contributed by atoms with Gasteiger partial charge in [-0.3, -0.25) is 14.9 Å². The number of hydrogen-bond acceptors (Lipinski definition) is 8. The minimum Gasteiger partial charge on any atom is -0.493 e. The molecule has 0 bridgehead atoms. The quantitative estimate of drug-likeness (QED) is 0.334. The zero-order chi connectivity index (χ0) is 20.9. The van der Waals surface area contributed by atoms with E-state index in [0.29, 0.717) is 44.4 Å². The van der Waals surface area contributed by atoms with Gasteiger partial charge in [0.05, 0.1) is 23.2 Å². The Balaban J connectivity index is 1.43. The summed E-state index contributed by atoms with van der Waals surface area (Å²) < 4.78 is 6.12. The number of thioether (sulfide) groups is 1. The van der Waals surface area contributed by atoms with E-state index in [1.54, 1.807) is 18.2 Å². The van der Waals surface area contributed by atoms with Gasteiger partial charge in [0.15, 0.2) is 4.34 Å². The monoisotopic (exact) mass is 439 g/mol. The number of aromatic amines is 1. The highest BCUT2D eigenvalue weighted by Crippen LogP contribution is 2.28. The lowest BCUT2D eigenvalue weighted by Crippen LogP contribution is -2.14. The first-order chi connectivity index (χ1) is 14.6. The Bertz CT molecular complexity index is 1250. The van der Waals surface area contributed by atoms with Crippen LogP contribution in [0.3, 0.4) is 0 Å². The molecule has 10 heteroatoms. The SMILES string of the molecule is CCOc1ccccc1C(=O)Nc1nnc(SCc2nc3ccccc3[nH]c2=O)s1. The molecule has 152 valence electrons. The van der Waals surface area contributed by atoms with Gasteiger partial charge in [0.2, 0.25) is 5.13 Å². The highest BCUT2D eigenvalue weighted by molar-refractivity contribution is 8.00. The van der Waals surface area contributed by atoms with E-state index < -0.39 is 0 Å². The summed E-state index contributed by atoms with van der Waals surface area (Å²) in [6, 6.07) is 14.4. The van der Waals surface area contributed by atoms with Gasteiger partial charge in [-0.25, -0.2) is 4.98 Å². The molecule has 8 nitrogen and oxygen atoms in total. The number of aromatic nitrogens is 4. The van der Waals surface area contributed by atoms with Gasteiger partial charge in [-0.1, -0.05) is 47.4 Å². The van der Waals surface area contributed by atoms with Crippen LogP contribution in [-0.2, 0) is 5.75 Å². The predicted octanol–water partition coefficient (Wildman–Crippen LogP) is 3.72. The van der Waals surface area contributed by atoms with E-state index in [0.717, 1.165) is 5.52 Å². The molecule has 30 heavy (non-hydrogen) atoms. The smallest absolute Gasteiger partial charge is 0.271 e. The molecule has 0 fully saturated rings. The molecule has 0 saturated carbocycles. The van der Waals surface area contributed by atoms with Crippen LogP contribution in [0.15, 0.2) is 57.7 Å². The average molecular weight is 440 g/mol. The number of anilines is 1. The Morgan fingerprint density at radius 1 is 1.17 bits per heavy atom. The first kappa shape index (κ1) is 20.0. The van der Waals surface area contributed by atoms with E-state index in [1.807, 2.05) is 37.3 Å². The van der Waals surface area contributed by atoms with E-state index in [2.05, 4.69) is 25.5 Å². The summed E-state index contributed by atoms with van der Waals surface area (Å²) in [6.07, 6.45) is 0. The summed E-state index contributed by atoms with van der Waals surface area (Å²) >= 11 is 2.57. The topological polar surface area (TPSA) is 110 Å². The molecule has 2 N–H and O–H groups in total. The first-order valence-corrected chi connectivity index (χ1v) is 10.9. The molecule has 2 heterocycles. The van der Waals surface area contributed by atoms with Gasteiger partial charge in [0.25, 0.3) is 11.5 Å². The lowest BCUT2D eigenvalue weighted by Gasteiger charge is -2.08. The molecule has 4 rings (SSSR count). The number of para-hydroxylation sites is 3. The molecular weight excluding hydrogens is 422 g/mol. The number of nitrogens with one attached hydrogen (secondary N) is 2. The molecule has 4 aromatic rings. The second-order valence-corrected chi connectivity index (χ2v) is 8.27. The summed E-state index contributed by atoms with van der Waals surface area (Å²) in [5, 5.41) is 11.2. The van der Waals surface area contributed by atoms with Crippen LogP contribution in [0.4, 0.5) is 5.13 Å². The van der Waals surface area contributed by atoms with Crippen molar-refractivity contribution in [1.82, 2.24) is 20.2 Å². The zero-order valence-corrected chi connectivity index (χ0v) is 17.5. The van der Waals surface area contributed by atoms with E-state index in [4.69, 9.17) is 4.74 Å². The van der Waals surface area contributed by atoms with Crippen molar-refractivity contribution in [3.8, 4) is 5.75 Å². The average Bonchev–Trinajstić information content (AvgIpc) is 3.20. The van der Waals surface area contributed by atoms with Crippen LogP contribution in [0, 0.1) is 0 Å². The van der Waals surface area contributed by atoms with Crippen LogP contribution in [0.25, 0.3) is 11.0 Å². The van der Waals surface area contributed by atoms with E-state index >= 15 is 0 Å². The van der Waals surface area contributed by atoms with E-state index in [1.165, 1.54) is 23.1 Å². The number of carbonyl (C=O) groups excluding carboxylic acids is 1. The molecule has 0 aliphatic carbocycles. The van der Waals surface area contributed by atoms with Crippen molar-refractivity contribution >= 4 is 45.2 Å². The summed E-state index contributed by atoms with van der Waals surface area (Å²) in [5.41, 5.74) is 2.03. The minimum atomic E-state index is -0.320. The van der Waals surface area contributed by atoms with Crippen LogP contribution in [0.1, 0.15) is 23.0 Å². The molecule has 0 atom stereocenters. The molecule has 0 aliphatic heterocycles. The third-order valence-electron chi connectivity index (χ3n) is 4.06. The minimum absolute atomic E-state index is 0.230. The Morgan fingerprint density at radius 3 is 2.83 bits per heavy atom. The Kier molecular flexibility index (Phi) is 6.05. The number of rotatable bonds is 7. The number of carbonyl (C=O) groups is 1. The fourth-order valence-corrected chi connectivity index (χ4v) is 4.39. The highest BCUT2D eigenvalue weighted by Gasteiger charge is 2.15. The predicted molar refractivity (Wildman–Crippen MR) is 117 cm³/mol. The number of fused-ring (bicyclic) bond motifs is 1. The number of nitrogens with zero attached hydrogens (tertiary/aromatic N) is 3. The molecule has 1 amide bonds. The maximum absolute atomic E-state index is 12.6. The van der Waals surface area contributed by atoms with Crippen LogP contribution in [0.5, 0.6) is 5.75 Å². The van der Waals surface area contributed by atoms with Crippen molar-refractivity contribution < 1.29 is 9.53 Å². The second kappa shape index (κ2) is 9.06. The van der Waals surface area contributed by atoms with Crippen LogP contribution in [-0.4, -0.2) is 32.7 Å². The highest BCUT2D eigenvalue weighted by atomic mass is 32.2. The molecular formula is C20H17N5O3S2. The molecule has 0 saturated heterocycles.